The second-order valence-corrected chi connectivity index (χ2v) is 6.93. The van der Waals surface area contributed by atoms with E-state index in [2.05, 4.69) is 15.0 Å². The van der Waals surface area contributed by atoms with E-state index >= 15 is 0 Å². The molecule has 2 aromatic rings. The van der Waals surface area contributed by atoms with Gasteiger partial charge in [-0.15, -0.1) is 0 Å². The highest BCUT2D eigenvalue weighted by molar-refractivity contribution is 5.76. The van der Waals surface area contributed by atoms with E-state index in [0.29, 0.717) is 19.0 Å². The maximum Gasteiger partial charge on any atom is 0.410 e. The summed E-state index contributed by atoms with van der Waals surface area (Å²) in [6.07, 6.45) is 1.88. The van der Waals surface area contributed by atoms with Gasteiger partial charge in [-0.05, 0) is 33.8 Å². The number of hydrogen-bond donors (Lipinski definition) is 0. The second-order valence-electron chi connectivity index (χ2n) is 6.93. The molecule has 3 heterocycles. The van der Waals surface area contributed by atoms with Crippen LogP contribution in [0.4, 0.5) is 4.79 Å². The minimum Gasteiger partial charge on any atom is -0.472 e. The average Bonchev–Trinajstić information content (AvgIpc) is 2.95. The molecule has 0 saturated carbocycles. The Morgan fingerprint density at radius 3 is 2.83 bits per heavy atom. The number of rotatable bonds is 2. The fourth-order valence-electron chi connectivity index (χ4n) is 2.60. The van der Waals surface area contributed by atoms with Crippen LogP contribution in [0.5, 0.6) is 5.88 Å². The van der Waals surface area contributed by atoms with E-state index in [9.17, 15) is 4.79 Å². The van der Waals surface area contributed by atoms with Crippen LogP contribution in [0.25, 0.3) is 11.0 Å². The van der Waals surface area contributed by atoms with Gasteiger partial charge in [0.1, 0.15) is 23.5 Å². The van der Waals surface area contributed by atoms with Crippen molar-refractivity contribution in [2.24, 2.45) is 0 Å². The quantitative estimate of drug-likeness (QED) is 0.842. The Balaban J connectivity index is 1.65. The number of amides is 1. The van der Waals surface area contributed by atoms with Crippen LogP contribution < -0.4 is 4.74 Å². The Morgan fingerprint density at radius 1 is 1.29 bits per heavy atom. The van der Waals surface area contributed by atoms with Crippen molar-refractivity contribution in [3.05, 3.63) is 24.2 Å². The van der Waals surface area contributed by atoms with Crippen molar-refractivity contribution < 1.29 is 14.3 Å². The van der Waals surface area contributed by atoms with Crippen molar-refractivity contribution in [3.8, 4) is 5.88 Å². The third-order valence-electron chi connectivity index (χ3n) is 3.72. The second kappa shape index (κ2) is 6.22. The number of nitrogens with zero attached hydrogens (tertiary/aromatic N) is 4. The first-order valence-corrected chi connectivity index (χ1v) is 8.05. The van der Waals surface area contributed by atoms with E-state index in [0.717, 1.165) is 23.1 Å². The predicted octanol–water partition coefficient (Wildman–Crippen LogP) is 2.72. The first-order valence-electron chi connectivity index (χ1n) is 8.05. The van der Waals surface area contributed by atoms with Crippen LogP contribution in [0.2, 0.25) is 0 Å². The smallest absolute Gasteiger partial charge is 0.410 e. The molecule has 7 heteroatoms. The molecule has 7 nitrogen and oxygen atoms in total. The molecule has 2 aromatic heterocycles. The Bertz CT molecular complexity index is 757. The number of aryl methyl sites for hydroxylation is 1. The molecule has 0 spiro atoms. The Morgan fingerprint density at radius 2 is 2.08 bits per heavy atom. The lowest BCUT2D eigenvalue weighted by Gasteiger charge is -2.24. The van der Waals surface area contributed by atoms with Gasteiger partial charge in [0, 0.05) is 19.0 Å². The van der Waals surface area contributed by atoms with Crippen LogP contribution in [0.15, 0.2) is 18.5 Å². The van der Waals surface area contributed by atoms with Crippen LogP contribution in [0, 0.1) is 6.92 Å². The van der Waals surface area contributed by atoms with Gasteiger partial charge in [0.25, 0.3) is 0 Å². The number of hydrogen-bond acceptors (Lipinski definition) is 6. The summed E-state index contributed by atoms with van der Waals surface area (Å²) in [6.45, 7) is 8.59. The zero-order valence-electron chi connectivity index (χ0n) is 14.4. The molecule has 1 saturated heterocycles. The molecule has 0 radical (unpaired) electrons. The third kappa shape index (κ3) is 3.72. The topological polar surface area (TPSA) is 77.4 Å². The molecule has 24 heavy (non-hydrogen) atoms. The molecular formula is C17H22N4O3. The minimum absolute atomic E-state index is 0.0904. The van der Waals surface area contributed by atoms with E-state index in [-0.39, 0.29) is 12.2 Å². The highest BCUT2D eigenvalue weighted by Crippen LogP contribution is 2.21. The van der Waals surface area contributed by atoms with Crippen molar-refractivity contribution in [1.82, 2.24) is 19.9 Å². The monoisotopic (exact) mass is 330 g/mol. The van der Waals surface area contributed by atoms with Crippen LogP contribution in [-0.4, -0.2) is 50.7 Å². The van der Waals surface area contributed by atoms with E-state index in [1.165, 1.54) is 6.33 Å². The highest BCUT2D eigenvalue weighted by Gasteiger charge is 2.31. The average molecular weight is 330 g/mol. The zero-order chi connectivity index (χ0) is 17.3. The minimum atomic E-state index is -0.493. The maximum absolute atomic E-state index is 12.1. The Kier molecular flexibility index (Phi) is 4.26. The highest BCUT2D eigenvalue weighted by atomic mass is 16.6. The van der Waals surface area contributed by atoms with Gasteiger partial charge < -0.3 is 14.4 Å². The number of pyridine rings is 1. The summed E-state index contributed by atoms with van der Waals surface area (Å²) in [6, 6.07) is 3.66. The van der Waals surface area contributed by atoms with Crippen LogP contribution in [0.3, 0.4) is 0 Å². The van der Waals surface area contributed by atoms with Crippen LogP contribution in [-0.2, 0) is 4.74 Å². The lowest BCUT2D eigenvalue weighted by molar-refractivity contribution is 0.0275. The summed E-state index contributed by atoms with van der Waals surface area (Å²) in [5.41, 5.74) is 1.84. The largest absolute Gasteiger partial charge is 0.472 e. The maximum atomic E-state index is 12.1. The summed E-state index contributed by atoms with van der Waals surface area (Å²) in [5.74, 6) is 0.524. The van der Waals surface area contributed by atoms with E-state index in [1.54, 1.807) is 11.0 Å². The van der Waals surface area contributed by atoms with Gasteiger partial charge in [-0.3, -0.25) is 0 Å². The summed E-state index contributed by atoms with van der Waals surface area (Å²) in [7, 11) is 0. The fourth-order valence-corrected chi connectivity index (χ4v) is 2.60. The van der Waals surface area contributed by atoms with Gasteiger partial charge in [-0.2, -0.15) is 0 Å². The van der Waals surface area contributed by atoms with Crippen molar-refractivity contribution in [1.29, 1.82) is 0 Å². The Labute approximate surface area is 141 Å². The molecule has 0 N–H and O–H groups in total. The molecule has 0 unspecified atom stereocenters. The van der Waals surface area contributed by atoms with E-state index in [1.807, 2.05) is 33.8 Å². The van der Waals surface area contributed by atoms with Gasteiger partial charge in [0.2, 0.25) is 5.88 Å². The van der Waals surface area contributed by atoms with Crippen molar-refractivity contribution in [2.45, 2.75) is 45.8 Å². The van der Waals surface area contributed by atoms with Crippen molar-refractivity contribution >= 4 is 17.1 Å². The molecular weight excluding hydrogens is 308 g/mol. The normalized spacial score (nSPS) is 18.0. The number of carbonyl (C=O) groups excluding carboxylic acids is 1. The number of carbonyl (C=O) groups is 1. The van der Waals surface area contributed by atoms with Crippen molar-refractivity contribution in [3.63, 3.8) is 0 Å². The SMILES string of the molecule is Cc1ncnc2ccc(O[C@H]3CCN(C(=O)OC(C)(C)C)C3)nc12. The Hall–Kier alpha value is -2.44. The molecule has 1 atom stereocenters. The molecule has 0 aliphatic carbocycles. The first-order chi connectivity index (χ1) is 11.3. The third-order valence-corrected chi connectivity index (χ3v) is 3.72. The molecule has 1 aliphatic heterocycles. The summed E-state index contributed by atoms with van der Waals surface area (Å²) in [5, 5.41) is 0. The fraction of sp³-hybridized carbons (Fsp3) is 0.529. The molecule has 1 aliphatic rings. The van der Waals surface area contributed by atoms with Gasteiger partial charge in [-0.25, -0.2) is 19.7 Å². The van der Waals surface area contributed by atoms with Gasteiger partial charge in [0.15, 0.2) is 0 Å². The van der Waals surface area contributed by atoms with E-state index in [4.69, 9.17) is 9.47 Å². The first kappa shape index (κ1) is 16.4. The number of fused-ring (bicyclic) bond motifs is 1. The summed E-state index contributed by atoms with van der Waals surface area (Å²) >= 11 is 0. The standard InChI is InChI=1S/C17H22N4O3/c1-11-15-13(19-10-18-11)5-6-14(20-15)23-12-7-8-21(9-12)16(22)24-17(2,3)4/h5-6,10,12H,7-9H2,1-4H3/t12-/m0/s1. The van der Waals surface area contributed by atoms with E-state index < -0.39 is 5.60 Å². The van der Waals surface area contributed by atoms with Gasteiger partial charge >= 0.3 is 6.09 Å². The lowest BCUT2D eigenvalue weighted by Crippen LogP contribution is -2.36. The van der Waals surface area contributed by atoms with Crippen LogP contribution >= 0.6 is 0 Å². The van der Waals surface area contributed by atoms with Gasteiger partial charge in [-0.1, -0.05) is 0 Å². The number of likely N-dealkylation sites (tertiary alicyclic amines) is 1. The van der Waals surface area contributed by atoms with Gasteiger partial charge in [0.05, 0.1) is 17.8 Å². The predicted molar refractivity (Wildman–Crippen MR) is 88.9 cm³/mol. The van der Waals surface area contributed by atoms with Crippen molar-refractivity contribution in [2.75, 3.05) is 13.1 Å². The lowest BCUT2D eigenvalue weighted by atomic mass is 10.2. The number of aromatic nitrogens is 3. The molecule has 1 fully saturated rings. The molecule has 0 aromatic carbocycles. The molecule has 1 amide bonds. The molecule has 0 bridgehead atoms. The summed E-state index contributed by atoms with van der Waals surface area (Å²) in [4.78, 5) is 26.6. The number of ether oxygens (including phenoxy) is 2. The van der Waals surface area contributed by atoms with Crippen LogP contribution in [0.1, 0.15) is 32.9 Å². The summed E-state index contributed by atoms with van der Waals surface area (Å²) < 4.78 is 11.3. The molecule has 3 rings (SSSR count). The zero-order valence-corrected chi connectivity index (χ0v) is 14.4. The molecule has 128 valence electrons.